The fourth-order valence-electron chi connectivity index (χ4n) is 14.4. The van der Waals surface area contributed by atoms with Crippen LogP contribution in [0.25, 0.3) is 85.1 Å². The first-order chi connectivity index (χ1) is 71.2. The number of aromatic nitrogens is 14. The van der Waals surface area contributed by atoms with Crippen LogP contribution in [0.2, 0.25) is 20.1 Å². The zero-order valence-electron chi connectivity index (χ0n) is 79.6. The zero-order valence-corrected chi connectivity index (χ0v) is 82.7. The molecule has 2 aliphatic carbocycles. The molecule has 23 nitrogen and oxygen atoms in total. The third kappa shape index (κ3) is 31.8. The molecule has 8 heterocycles. The minimum Gasteiger partial charge on any atom is -0.497 e. The summed E-state index contributed by atoms with van der Waals surface area (Å²) in [7, 11) is 1.59. The Labute approximate surface area is 865 Å². The number of allylic oxidation sites excluding steroid dienone is 1. The Morgan fingerprint density at radius 1 is 0.349 bits per heavy atom. The van der Waals surface area contributed by atoms with Gasteiger partial charge in [-0.25, -0.2) is 28.1 Å². The quantitative estimate of drug-likeness (QED) is 0.0539. The summed E-state index contributed by atoms with van der Waals surface area (Å²) in [5.41, 5.74) is 13.8. The summed E-state index contributed by atoms with van der Waals surface area (Å²) in [4.78, 5) is 85.0. The number of hydrogen-bond acceptors (Lipinski definition) is 16. The van der Waals surface area contributed by atoms with E-state index in [4.69, 9.17) is 55.6 Å². The lowest BCUT2D eigenvalue weighted by Crippen LogP contribution is -2.14. The first kappa shape index (κ1) is 104. The van der Waals surface area contributed by atoms with Crippen molar-refractivity contribution in [3.8, 4) is 5.75 Å². The van der Waals surface area contributed by atoms with Crippen molar-refractivity contribution in [1.29, 1.82) is 0 Å². The van der Waals surface area contributed by atoms with E-state index in [1.165, 1.54) is 58.5 Å². The third-order valence-corrected chi connectivity index (χ3v) is 23.6. The zero-order chi connectivity index (χ0) is 102. The van der Waals surface area contributed by atoms with Gasteiger partial charge in [0.1, 0.15) is 11.5 Å². The number of carbonyl (C=O) groups is 7. The molecule has 18 aromatic rings. The minimum absolute atomic E-state index is 0.0922. The van der Waals surface area contributed by atoms with Crippen molar-refractivity contribution in [2.75, 3.05) is 7.11 Å². The number of rotatable bonds is 23. The number of methoxy groups -OCH3 is 1. The highest BCUT2D eigenvalue weighted by atomic mass is 35.5. The molecular formula is C119H100Cl4N14O9. The van der Waals surface area contributed by atoms with Gasteiger partial charge in [-0.1, -0.05) is 296 Å². The van der Waals surface area contributed by atoms with Gasteiger partial charge in [0.2, 0.25) is 11.8 Å². The lowest BCUT2D eigenvalue weighted by atomic mass is 10.0. The van der Waals surface area contributed by atoms with Crippen molar-refractivity contribution in [3.05, 3.63) is 511 Å². The fourth-order valence-corrected chi connectivity index (χ4v) is 15.3. The molecule has 146 heavy (non-hydrogen) atoms. The summed E-state index contributed by atoms with van der Waals surface area (Å²) in [6.45, 7) is 5.26. The van der Waals surface area contributed by atoms with Gasteiger partial charge in [0.05, 0.1) is 80.6 Å². The highest BCUT2D eigenvalue weighted by molar-refractivity contribution is 6.37. The molecule has 0 saturated heterocycles. The van der Waals surface area contributed by atoms with Gasteiger partial charge in [-0.05, 0) is 248 Å². The molecule has 10 aromatic carbocycles. The summed E-state index contributed by atoms with van der Waals surface area (Å²) in [5.74, 6) is 1.41. The van der Waals surface area contributed by atoms with E-state index in [0.717, 1.165) is 69.2 Å². The maximum absolute atomic E-state index is 12.4. The molecular weight excluding hydrogens is 1910 g/mol. The van der Waals surface area contributed by atoms with Gasteiger partial charge in [0.15, 0.2) is 0 Å². The molecule has 20 rings (SSSR count). The van der Waals surface area contributed by atoms with Crippen molar-refractivity contribution < 1.29 is 42.7 Å². The average Bonchev–Trinajstić information content (AvgIpc) is 1.76. The topological polar surface area (TPSA) is 267 Å². The van der Waals surface area contributed by atoms with Gasteiger partial charge in [-0.15, -0.1) is 0 Å². The lowest BCUT2D eigenvalue weighted by Gasteiger charge is -2.06. The van der Waals surface area contributed by atoms with E-state index >= 15 is 0 Å². The van der Waals surface area contributed by atoms with E-state index in [2.05, 4.69) is 42.3 Å². The van der Waals surface area contributed by atoms with Crippen LogP contribution in [0.5, 0.6) is 5.75 Å². The van der Waals surface area contributed by atoms with Gasteiger partial charge in [-0.3, -0.25) is 33.6 Å². The molecule has 2 saturated carbocycles. The Bertz CT molecular complexity index is 7450. The van der Waals surface area contributed by atoms with Crippen LogP contribution in [0.4, 0.5) is 0 Å². The summed E-state index contributed by atoms with van der Waals surface area (Å²) in [6.07, 6.45) is 47.2. The molecule has 27 heteroatoms. The number of nitrogens with zero attached hydrogens (tertiary/aromatic N) is 14. The molecule has 0 N–H and O–H groups in total. The lowest BCUT2D eigenvalue weighted by molar-refractivity contribution is 0.0858. The van der Waals surface area contributed by atoms with E-state index in [9.17, 15) is 33.6 Å². The van der Waals surface area contributed by atoms with Crippen LogP contribution in [0, 0.1) is 11.8 Å². The van der Waals surface area contributed by atoms with E-state index in [-0.39, 0.29) is 47.3 Å². The SMILES string of the molecule is C=C(C)C(=O)n1nccc1/C=C/c1c(Cl)cccc1Cl.COc1ccc(C(=O)n2ccc(/C=C/c3ccccc3)n2)cc1.O=C(C1CC1)n1ccc(/C=C/c2ccccc2)n1.O=C(CC1CCCC1)n1ccc(/C=C/c2ccco2)n1.O=C(c1ccccc1)n1ccc(/C=C/c2ccccc2)n1.O=C(c1ccccc1Cl)n1ccc(/C=C/c2ccccc2)n1.O=C(c1ccccc1Cl)n1ccc(/C=C/c2ccccc2)n1. The third-order valence-electron chi connectivity index (χ3n) is 22.2. The van der Waals surface area contributed by atoms with Crippen LogP contribution < -0.4 is 4.74 Å². The van der Waals surface area contributed by atoms with E-state index < -0.39 is 0 Å². The van der Waals surface area contributed by atoms with Crippen molar-refractivity contribution >= 4 is 173 Å². The maximum atomic E-state index is 12.4. The molecule has 0 unspecified atom stereocenters. The molecule has 0 spiro atoms. The van der Waals surface area contributed by atoms with Crippen LogP contribution in [0.15, 0.2) is 394 Å². The second-order valence-electron chi connectivity index (χ2n) is 33.0. The highest BCUT2D eigenvalue weighted by Crippen LogP contribution is 2.32. The van der Waals surface area contributed by atoms with Crippen LogP contribution in [-0.4, -0.2) is 117 Å². The summed E-state index contributed by atoms with van der Waals surface area (Å²) >= 11 is 24.2. The Hall–Kier alpha value is -17.5. The van der Waals surface area contributed by atoms with Gasteiger partial charge < -0.3 is 9.15 Å². The molecule has 0 aliphatic heterocycles. The van der Waals surface area contributed by atoms with Crippen LogP contribution >= 0.6 is 46.4 Å². The second-order valence-corrected chi connectivity index (χ2v) is 34.7. The van der Waals surface area contributed by atoms with Gasteiger partial charge in [-0.2, -0.15) is 40.4 Å². The monoisotopic (exact) mass is 2010 g/mol. The van der Waals surface area contributed by atoms with Crippen molar-refractivity contribution in [2.45, 2.75) is 51.9 Å². The Morgan fingerprint density at radius 3 is 1.08 bits per heavy atom. The minimum atomic E-state index is -0.250. The highest BCUT2D eigenvalue weighted by Gasteiger charge is 2.31. The number of carbonyl (C=O) groups excluding carboxylic acids is 7. The molecule has 0 atom stereocenters. The van der Waals surface area contributed by atoms with Crippen molar-refractivity contribution in [3.63, 3.8) is 0 Å². The molecule has 0 bridgehead atoms. The number of furan rings is 1. The normalized spacial score (nSPS) is 12.2. The predicted octanol–water partition coefficient (Wildman–Crippen LogP) is 27.8. The molecule has 2 fully saturated rings. The Balaban J connectivity index is 0.000000135. The average molecular weight is 2010 g/mol. The summed E-state index contributed by atoms with van der Waals surface area (Å²) in [5, 5.41) is 31.6. The summed E-state index contributed by atoms with van der Waals surface area (Å²) in [6, 6.07) is 101. The molecule has 8 aromatic heterocycles. The molecule has 728 valence electrons. The summed E-state index contributed by atoms with van der Waals surface area (Å²) < 4.78 is 19.8. The number of benzene rings is 10. The molecule has 2 aliphatic rings. The van der Waals surface area contributed by atoms with Gasteiger partial charge in [0.25, 0.3) is 29.5 Å². The fraction of sp³-hybridized carbons (Fsp3) is 0.0924. The number of halogens is 4. The number of ether oxygens (including phenoxy) is 1. The van der Waals surface area contributed by atoms with Crippen LogP contribution in [0.3, 0.4) is 0 Å². The first-order valence-electron chi connectivity index (χ1n) is 46.7. The van der Waals surface area contributed by atoms with Crippen molar-refractivity contribution in [2.24, 2.45) is 11.8 Å². The predicted molar refractivity (Wildman–Crippen MR) is 583 cm³/mol. The van der Waals surface area contributed by atoms with E-state index in [0.29, 0.717) is 88.7 Å². The van der Waals surface area contributed by atoms with Crippen molar-refractivity contribution in [1.82, 2.24) is 68.5 Å². The molecule has 0 radical (unpaired) electrons. The van der Waals surface area contributed by atoms with E-state index in [1.807, 2.05) is 273 Å². The maximum Gasteiger partial charge on any atom is 0.279 e. The van der Waals surface area contributed by atoms with Crippen LogP contribution in [0.1, 0.15) is 187 Å². The number of hydrogen-bond donors (Lipinski definition) is 0. The van der Waals surface area contributed by atoms with E-state index in [1.54, 1.807) is 203 Å². The van der Waals surface area contributed by atoms with Gasteiger partial charge >= 0.3 is 0 Å². The largest absolute Gasteiger partial charge is 0.497 e. The first-order valence-corrected chi connectivity index (χ1v) is 48.2. The van der Waals surface area contributed by atoms with Gasteiger partial charge in [0, 0.05) is 81.8 Å². The molecule has 0 amide bonds. The standard InChI is InChI=1S/C19H16N2O2.2C18H13ClN2O.C18H14N2O.C16H18N2O2.C15H12Cl2N2O.C15H14N2O/c1-23-18-11-8-16(9-12-18)19(22)21-14-13-17(20-21)10-7-15-5-3-2-4-6-15;2*19-17-9-5-4-8-16(17)18(22)21-13-12-15(20-21)11-10-14-6-2-1-3-7-14;21-18(16-9-5-2-6-10-16)20-14-13-17(19-20)12-11-15-7-3-1-4-8-15;19-16(12-13-4-1-2-5-13)18-10-9-14(17-18)7-8-15-6-3-11-20-15;1-10(2)15(20)19-11(8-9-18-19)6-7-12-13(16)4-3-5-14(12)17;18-15(13-7-8-13)17-11-10-14(16-17)9-6-12-4-2-1-3-5-12/h2-14H,1H3;2*1-13H;1-14H;3,6-11,13H,1-2,4-5,12H2;3-9H,1H2,2H3;1-6,9-11,13H,7-8H2/b10-7+;2*11-10+;12-11+;8-7+;7-6+;9-6+. The Morgan fingerprint density at radius 2 is 0.699 bits per heavy atom. The second kappa shape index (κ2) is 53.9. The Kier molecular flexibility index (Phi) is 38.6. The smallest absolute Gasteiger partial charge is 0.279 e. The van der Waals surface area contributed by atoms with Crippen LogP contribution in [-0.2, 0) is 0 Å².